The number of fused-ring (bicyclic) bond motifs is 9. The molecule has 0 radical (unpaired) electrons. The normalized spacial score (nSPS) is 22.7. The van der Waals surface area contributed by atoms with E-state index in [0.29, 0.717) is 49.8 Å². The lowest BCUT2D eigenvalue weighted by atomic mass is 9.64. The summed E-state index contributed by atoms with van der Waals surface area (Å²) in [5.74, 6) is -0.256. The molecule has 284 valence electrons. The van der Waals surface area contributed by atoms with Gasteiger partial charge in [0.1, 0.15) is 0 Å². The van der Waals surface area contributed by atoms with Crippen LogP contribution in [-0.4, -0.2) is 51.8 Å². The predicted octanol–water partition coefficient (Wildman–Crippen LogP) is 10.4. The Morgan fingerprint density at radius 2 is 1.60 bits per heavy atom. The Labute approximate surface area is 325 Å². The van der Waals surface area contributed by atoms with E-state index in [1.165, 1.54) is 5.57 Å². The minimum atomic E-state index is -1.29. The molecule has 5 aromatic carbocycles. The lowest BCUT2D eigenvalue weighted by Crippen LogP contribution is -2.53. The van der Waals surface area contributed by atoms with Crippen LogP contribution in [0.5, 0.6) is 0 Å². The van der Waals surface area contributed by atoms with Crippen LogP contribution in [0.3, 0.4) is 0 Å². The van der Waals surface area contributed by atoms with E-state index in [0.717, 1.165) is 51.4 Å². The van der Waals surface area contributed by atoms with Crippen molar-refractivity contribution in [2.24, 2.45) is 5.41 Å². The summed E-state index contributed by atoms with van der Waals surface area (Å²) >= 11 is 0. The smallest absolute Gasteiger partial charge is 0.410 e. The lowest BCUT2D eigenvalue weighted by molar-refractivity contribution is -0.0820. The first-order chi connectivity index (χ1) is 26.6. The van der Waals surface area contributed by atoms with E-state index >= 15 is 4.79 Å². The predicted molar refractivity (Wildman–Crippen MR) is 220 cm³/mol. The van der Waals surface area contributed by atoms with Gasteiger partial charge in [-0.05, 0) is 109 Å². The van der Waals surface area contributed by atoms with Crippen LogP contribution in [0.2, 0.25) is 0 Å². The molecule has 0 spiro atoms. The van der Waals surface area contributed by atoms with Gasteiger partial charge in [0.05, 0.1) is 24.9 Å². The Balaban J connectivity index is 1.33. The van der Waals surface area contributed by atoms with Crippen LogP contribution >= 0.6 is 0 Å². The van der Waals surface area contributed by atoms with E-state index in [2.05, 4.69) is 50.3 Å². The summed E-state index contributed by atoms with van der Waals surface area (Å²) in [6.07, 6.45) is 5.55. The van der Waals surface area contributed by atoms with Gasteiger partial charge in [-0.15, -0.1) is 0 Å². The number of ketones is 1. The third kappa shape index (κ3) is 7.89. The molecule has 1 saturated carbocycles. The fraction of sp³-hybridized carbons (Fsp3) is 0.347. The molecular weight excluding hydrogens is 683 g/mol. The molecule has 0 saturated heterocycles. The zero-order valence-electron chi connectivity index (χ0n) is 32.3. The number of allylic oxidation sites excluding steroid dienone is 2. The maximum absolute atomic E-state index is 15.0. The average molecular weight is 736 g/mol. The van der Waals surface area contributed by atoms with Gasteiger partial charge in [-0.1, -0.05) is 128 Å². The van der Waals surface area contributed by atoms with Gasteiger partial charge in [0, 0.05) is 23.1 Å². The highest BCUT2D eigenvalue weighted by molar-refractivity contribution is 6.14. The summed E-state index contributed by atoms with van der Waals surface area (Å²) in [4.78, 5) is 30.5. The van der Waals surface area contributed by atoms with Crippen molar-refractivity contribution in [1.82, 2.24) is 4.90 Å². The van der Waals surface area contributed by atoms with Crippen molar-refractivity contribution < 1.29 is 24.5 Å². The largest absolute Gasteiger partial charge is 0.450 e. The molecule has 1 amide bonds. The number of nitrogens with zero attached hydrogens (tertiary/aromatic N) is 1. The molecular formula is C49H53NO5. The molecule has 6 heteroatoms. The Morgan fingerprint density at radius 3 is 2.42 bits per heavy atom. The fourth-order valence-electron chi connectivity index (χ4n) is 9.24. The van der Waals surface area contributed by atoms with E-state index in [1.54, 1.807) is 11.8 Å². The summed E-state index contributed by atoms with van der Waals surface area (Å²) in [5.41, 5.74) is 5.07. The third-order valence-corrected chi connectivity index (χ3v) is 12.4. The van der Waals surface area contributed by atoms with Gasteiger partial charge in [0.15, 0.2) is 5.78 Å². The first kappa shape index (κ1) is 38.2. The average Bonchev–Trinajstić information content (AvgIpc) is 3.45. The highest BCUT2D eigenvalue weighted by Crippen LogP contribution is 2.59. The van der Waals surface area contributed by atoms with E-state index in [-0.39, 0.29) is 24.9 Å². The van der Waals surface area contributed by atoms with Crippen LogP contribution in [0.15, 0.2) is 127 Å². The molecule has 0 aliphatic heterocycles. The van der Waals surface area contributed by atoms with Crippen LogP contribution in [0.1, 0.15) is 97.8 Å². The van der Waals surface area contributed by atoms with Gasteiger partial charge in [0.25, 0.3) is 0 Å². The zero-order chi connectivity index (χ0) is 38.6. The minimum Gasteiger partial charge on any atom is -0.450 e. The number of rotatable bonds is 8. The van der Waals surface area contributed by atoms with Gasteiger partial charge < -0.3 is 19.8 Å². The second-order valence-corrected chi connectivity index (χ2v) is 15.9. The lowest BCUT2D eigenvalue weighted by Gasteiger charge is -2.46. The first-order valence-corrected chi connectivity index (χ1v) is 19.9. The van der Waals surface area contributed by atoms with Gasteiger partial charge in [-0.3, -0.25) is 4.79 Å². The number of aliphatic hydroxyl groups is 2. The molecule has 0 heterocycles. The molecule has 2 N–H and O–H groups in total. The summed E-state index contributed by atoms with van der Waals surface area (Å²) in [6.45, 7) is 6.68. The quantitative estimate of drug-likeness (QED) is 0.122. The standard InChI is InChI=1S/C49H53NO5/c1-4-55-47(53)50(32-38-19-12-18-36-17-8-9-20-40(36)38)33-49(54)29-27-45-42-26-24-35(30-39(51)25-23-34(2)14-13-28-48(45,49)3)31-44(42)46(52)43-22-11-10-21-41(43)37-15-6-5-7-16-37/h5-12,14-22,24,26,31,39,45,51,54H,4,13,23,25,27-30,32-33H2,1-3H3. The molecule has 2 bridgehead atoms. The van der Waals surface area contributed by atoms with E-state index < -0.39 is 23.2 Å². The zero-order valence-corrected chi connectivity index (χ0v) is 32.3. The van der Waals surface area contributed by atoms with Crippen LogP contribution in [-0.2, 0) is 17.7 Å². The number of amides is 1. The van der Waals surface area contributed by atoms with Crippen LogP contribution in [0, 0.1) is 5.41 Å². The highest BCUT2D eigenvalue weighted by atomic mass is 16.6. The number of ether oxygens (including phenoxy) is 1. The van der Waals surface area contributed by atoms with E-state index in [9.17, 15) is 15.0 Å². The second-order valence-electron chi connectivity index (χ2n) is 15.9. The third-order valence-electron chi connectivity index (χ3n) is 12.4. The van der Waals surface area contributed by atoms with Crippen molar-refractivity contribution in [3.05, 3.63) is 155 Å². The Hall–Kier alpha value is -5.04. The summed E-state index contributed by atoms with van der Waals surface area (Å²) in [5, 5.41) is 26.4. The first-order valence-electron chi connectivity index (χ1n) is 19.9. The Bertz CT molecular complexity index is 2190. The highest BCUT2D eigenvalue weighted by Gasteiger charge is 2.58. The Kier molecular flexibility index (Phi) is 11.4. The van der Waals surface area contributed by atoms with Gasteiger partial charge in [0.2, 0.25) is 0 Å². The van der Waals surface area contributed by atoms with Crippen molar-refractivity contribution in [2.75, 3.05) is 13.2 Å². The monoisotopic (exact) mass is 735 g/mol. The summed E-state index contributed by atoms with van der Waals surface area (Å²) in [6, 6.07) is 38.1. The van der Waals surface area contributed by atoms with Crippen LogP contribution in [0.4, 0.5) is 4.79 Å². The van der Waals surface area contributed by atoms with Crippen molar-refractivity contribution in [1.29, 1.82) is 0 Å². The van der Waals surface area contributed by atoms with E-state index in [1.807, 2.05) is 84.9 Å². The van der Waals surface area contributed by atoms with Crippen LogP contribution < -0.4 is 0 Å². The molecule has 0 aromatic heterocycles. The topological polar surface area (TPSA) is 87.1 Å². The van der Waals surface area contributed by atoms with Gasteiger partial charge in [-0.2, -0.15) is 0 Å². The minimum absolute atomic E-state index is 0.0736. The summed E-state index contributed by atoms with van der Waals surface area (Å²) < 4.78 is 5.64. The molecule has 5 aromatic rings. The van der Waals surface area contributed by atoms with Crippen molar-refractivity contribution in [3.63, 3.8) is 0 Å². The molecule has 4 unspecified atom stereocenters. The molecule has 8 rings (SSSR count). The number of hydrogen-bond donors (Lipinski definition) is 2. The molecule has 4 atom stereocenters. The number of carbonyl (C=O) groups is 2. The SMILES string of the molecule is CCOC(=O)N(Cc1cccc2ccccc12)CC1(O)CCC2c3ccc(cc3C(=O)c3ccccc3-c3ccccc3)CC(O)CCC(C)=CCCC21C. The van der Waals surface area contributed by atoms with Crippen molar-refractivity contribution >= 4 is 22.6 Å². The van der Waals surface area contributed by atoms with Gasteiger partial charge in [-0.25, -0.2) is 4.79 Å². The van der Waals surface area contributed by atoms with Crippen LogP contribution in [0.25, 0.3) is 21.9 Å². The number of hydrogen-bond acceptors (Lipinski definition) is 5. The maximum atomic E-state index is 15.0. The number of carbonyl (C=O) groups excluding carboxylic acids is 2. The maximum Gasteiger partial charge on any atom is 0.410 e. The second kappa shape index (κ2) is 16.4. The Morgan fingerprint density at radius 1 is 0.855 bits per heavy atom. The number of aliphatic hydroxyl groups excluding tert-OH is 1. The van der Waals surface area contributed by atoms with Gasteiger partial charge >= 0.3 is 6.09 Å². The molecule has 3 aliphatic carbocycles. The molecule has 55 heavy (non-hydrogen) atoms. The molecule has 3 aliphatic rings. The number of benzene rings is 5. The van der Waals surface area contributed by atoms with Crippen molar-refractivity contribution in [2.45, 2.75) is 89.9 Å². The fourth-order valence-corrected chi connectivity index (χ4v) is 9.24. The summed E-state index contributed by atoms with van der Waals surface area (Å²) in [7, 11) is 0. The molecule has 6 nitrogen and oxygen atoms in total. The molecule has 1 fully saturated rings. The van der Waals surface area contributed by atoms with Crippen molar-refractivity contribution in [3.8, 4) is 11.1 Å². The van der Waals surface area contributed by atoms with E-state index in [4.69, 9.17) is 4.74 Å².